The number of nitrogens with zero attached hydrogens (tertiary/aromatic N) is 3. The topological polar surface area (TPSA) is 50.9 Å². The van der Waals surface area contributed by atoms with Gasteiger partial charge in [0.1, 0.15) is 0 Å². The monoisotopic (exact) mass is 295 g/mol. The highest BCUT2D eigenvalue weighted by Gasteiger charge is 2.09. The van der Waals surface area contributed by atoms with Crippen molar-refractivity contribution in [2.45, 2.75) is 20.3 Å². The van der Waals surface area contributed by atoms with Gasteiger partial charge in [-0.05, 0) is 47.0 Å². The van der Waals surface area contributed by atoms with E-state index in [1.165, 1.54) is 5.56 Å². The second-order valence-corrected chi connectivity index (χ2v) is 4.89. The number of halogens is 1. The molecule has 0 saturated heterocycles. The van der Waals surface area contributed by atoms with Gasteiger partial charge in [-0.1, -0.05) is 11.3 Å². The van der Waals surface area contributed by atoms with Gasteiger partial charge in [-0.2, -0.15) is 0 Å². The highest BCUT2D eigenvalue weighted by molar-refractivity contribution is 9.10. The number of aliphatic hydroxyl groups is 1. The fourth-order valence-corrected chi connectivity index (χ4v) is 2.69. The van der Waals surface area contributed by atoms with Crippen LogP contribution in [0, 0.1) is 13.8 Å². The zero-order valence-corrected chi connectivity index (χ0v) is 11.4. The number of hydrogen-bond donors (Lipinski definition) is 1. The van der Waals surface area contributed by atoms with Gasteiger partial charge in [0, 0.05) is 17.5 Å². The third kappa shape index (κ3) is 2.56. The number of benzene rings is 1. The van der Waals surface area contributed by atoms with Gasteiger partial charge in [0.2, 0.25) is 0 Å². The number of hydrogen-bond acceptors (Lipinski definition) is 3. The average Bonchev–Trinajstić information content (AvgIpc) is 2.65. The van der Waals surface area contributed by atoms with Crippen LogP contribution in [0.5, 0.6) is 0 Å². The summed E-state index contributed by atoms with van der Waals surface area (Å²) >= 11 is 3.54. The predicted molar refractivity (Wildman–Crippen MR) is 69.3 cm³/mol. The maximum atomic E-state index is 8.86. The maximum Gasteiger partial charge on any atom is 0.0854 e. The predicted octanol–water partition coefficient (Wildman–Crippen LogP) is 2.18. The molecule has 0 atom stereocenters. The fraction of sp³-hybridized carbons (Fsp3) is 0.333. The van der Waals surface area contributed by atoms with E-state index in [1.807, 2.05) is 13.1 Å². The Labute approximate surface area is 108 Å². The van der Waals surface area contributed by atoms with Crippen molar-refractivity contribution in [1.82, 2.24) is 15.0 Å². The normalized spacial score (nSPS) is 10.8. The molecule has 0 spiro atoms. The number of rotatable bonds is 3. The zero-order chi connectivity index (χ0) is 12.4. The highest BCUT2D eigenvalue weighted by Crippen LogP contribution is 2.25. The first-order valence-electron chi connectivity index (χ1n) is 5.41. The Morgan fingerprint density at radius 3 is 2.76 bits per heavy atom. The van der Waals surface area contributed by atoms with Crippen LogP contribution < -0.4 is 0 Å². The molecule has 0 radical (unpaired) electrons. The molecular weight excluding hydrogens is 282 g/mol. The first-order valence-corrected chi connectivity index (χ1v) is 6.20. The Morgan fingerprint density at radius 1 is 1.35 bits per heavy atom. The lowest BCUT2D eigenvalue weighted by Crippen LogP contribution is -2.00. The quantitative estimate of drug-likeness (QED) is 0.944. The molecule has 0 saturated carbocycles. The molecule has 1 aromatic heterocycles. The second kappa shape index (κ2) is 4.98. The molecule has 0 amide bonds. The molecule has 0 unspecified atom stereocenters. The molecular formula is C12H14BrN3O. The van der Waals surface area contributed by atoms with Crippen molar-refractivity contribution in [3.8, 4) is 5.69 Å². The lowest BCUT2D eigenvalue weighted by molar-refractivity contribution is 0.298. The van der Waals surface area contributed by atoms with E-state index >= 15 is 0 Å². The minimum absolute atomic E-state index is 0.0900. The zero-order valence-electron chi connectivity index (χ0n) is 9.81. The Bertz CT molecular complexity index is 513. The molecule has 2 aromatic rings. The van der Waals surface area contributed by atoms with E-state index in [0.29, 0.717) is 6.42 Å². The van der Waals surface area contributed by atoms with E-state index in [1.54, 1.807) is 4.68 Å². The van der Waals surface area contributed by atoms with Gasteiger partial charge in [-0.25, -0.2) is 4.68 Å². The van der Waals surface area contributed by atoms with Crippen LogP contribution in [0.15, 0.2) is 22.8 Å². The molecule has 5 heteroatoms. The SMILES string of the molecule is Cc1cc(C)c(-n2cc(CCO)nn2)c(Br)c1. The van der Waals surface area contributed by atoms with E-state index in [0.717, 1.165) is 21.4 Å². The van der Waals surface area contributed by atoms with Crippen molar-refractivity contribution in [1.29, 1.82) is 0 Å². The Kier molecular flexibility index (Phi) is 3.59. The van der Waals surface area contributed by atoms with E-state index < -0.39 is 0 Å². The lowest BCUT2D eigenvalue weighted by atomic mass is 10.1. The molecule has 0 aliphatic rings. The van der Waals surface area contributed by atoms with Gasteiger partial charge in [0.25, 0.3) is 0 Å². The number of aryl methyl sites for hydroxylation is 2. The Morgan fingerprint density at radius 2 is 2.12 bits per heavy atom. The largest absolute Gasteiger partial charge is 0.396 e. The van der Waals surface area contributed by atoms with E-state index in [-0.39, 0.29) is 6.61 Å². The Hall–Kier alpha value is -1.20. The second-order valence-electron chi connectivity index (χ2n) is 4.04. The standard InChI is InChI=1S/C12H14BrN3O/c1-8-5-9(2)12(11(13)6-8)16-7-10(3-4-17)14-15-16/h5-7,17H,3-4H2,1-2H3. The van der Waals surface area contributed by atoms with E-state index in [9.17, 15) is 0 Å². The van der Waals surface area contributed by atoms with Crippen LogP contribution in [-0.2, 0) is 6.42 Å². The van der Waals surface area contributed by atoms with Gasteiger partial charge < -0.3 is 5.11 Å². The molecule has 1 N–H and O–H groups in total. The van der Waals surface area contributed by atoms with Crippen molar-refractivity contribution < 1.29 is 5.11 Å². The summed E-state index contributed by atoms with van der Waals surface area (Å²) in [5.41, 5.74) is 4.12. The van der Waals surface area contributed by atoms with Gasteiger partial charge in [0.15, 0.2) is 0 Å². The van der Waals surface area contributed by atoms with Crippen LogP contribution in [0.4, 0.5) is 0 Å². The van der Waals surface area contributed by atoms with Crippen LogP contribution in [-0.4, -0.2) is 26.7 Å². The third-order valence-corrected chi connectivity index (χ3v) is 3.14. The molecule has 4 nitrogen and oxygen atoms in total. The van der Waals surface area contributed by atoms with Gasteiger partial charge >= 0.3 is 0 Å². The summed E-state index contributed by atoms with van der Waals surface area (Å²) in [5, 5.41) is 17.0. The molecule has 0 aliphatic carbocycles. The van der Waals surface area contributed by atoms with Crippen LogP contribution in [0.2, 0.25) is 0 Å². The Balaban J connectivity index is 2.45. The van der Waals surface area contributed by atoms with E-state index in [2.05, 4.69) is 45.3 Å². The molecule has 1 aromatic carbocycles. The van der Waals surface area contributed by atoms with Crippen molar-refractivity contribution in [2.24, 2.45) is 0 Å². The summed E-state index contributed by atoms with van der Waals surface area (Å²) in [5.74, 6) is 0. The minimum atomic E-state index is 0.0900. The summed E-state index contributed by atoms with van der Waals surface area (Å²) in [6, 6.07) is 4.16. The van der Waals surface area contributed by atoms with Crippen molar-refractivity contribution in [3.63, 3.8) is 0 Å². The molecule has 17 heavy (non-hydrogen) atoms. The summed E-state index contributed by atoms with van der Waals surface area (Å²) < 4.78 is 2.74. The fourth-order valence-electron chi connectivity index (χ4n) is 1.84. The van der Waals surface area contributed by atoms with Crippen molar-refractivity contribution >= 4 is 15.9 Å². The number of aromatic nitrogens is 3. The minimum Gasteiger partial charge on any atom is -0.396 e. The number of aliphatic hydroxyl groups excluding tert-OH is 1. The van der Waals surface area contributed by atoms with E-state index in [4.69, 9.17) is 5.11 Å². The van der Waals surface area contributed by atoms with Gasteiger partial charge in [0.05, 0.1) is 17.6 Å². The molecule has 0 bridgehead atoms. The maximum absolute atomic E-state index is 8.86. The molecule has 2 rings (SSSR count). The van der Waals surface area contributed by atoms with Crippen molar-refractivity contribution in [3.05, 3.63) is 39.6 Å². The lowest BCUT2D eigenvalue weighted by Gasteiger charge is -2.08. The molecule has 1 heterocycles. The summed E-state index contributed by atoms with van der Waals surface area (Å²) in [6.45, 7) is 4.19. The molecule has 90 valence electrons. The first kappa shape index (κ1) is 12.3. The summed E-state index contributed by atoms with van der Waals surface area (Å²) in [4.78, 5) is 0. The van der Waals surface area contributed by atoms with Gasteiger partial charge in [-0.3, -0.25) is 0 Å². The summed E-state index contributed by atoms with van der Waals surface area (Å²) in [7, 11) is 0. The van der Waals surface area contributed by atoms with Crippen LogP contribution in [0.25, 0.3) is 5.69 Å². The molecule has 0 aliphatic heterocycles. The van der Waals surface area contributed by atoms with Crippen LogP contribution in [0.3, 0.4) is 0 Å². The first-order chi connectivity index (χ1) is 8.11. The molecule has 0 fully saturated rings. The average molecular weight is 296 g/mol. The van der Waals surface area contributed by atoms with Gasteiger partial charge in [-0.15, -0.1) is 5.10 Å². The van der Waals surface area contributed by atoms with Crippen LogP contribution >= 0.6 is 15.9 Å². The highest BCUT2D eigenvalue weighted by atomic mass is 79.9. The third-order valence-electron chi connectivity index (χ3n) is 2.54. The summed E-state index contributed by atoms with van der Waals surface area (Å²) in [6.07, 6.45) is 2.38. The smallest absolute Gasteiger partial charge is 0.0854 e. The van der Waals surface area contributed by atoms with Crippen LogP contribution in [0.1, 0.15) is 16.8 Å². The van der Waals surface area contributed by atoms with Crippen molar-refractivity contribution in [2.75, 3.05) is 6.61 Å².